The number of anilines is 1. The highest BCUT2D eigenvalue weighted by Gasteiger charge is 2.36. The second-order valence-electron chi connectivity index (χ2n) is 6.04. The molecule has 28 heavy (non-hydrogen) atoms. The molecule has 0 bridgehead atoms. The van der Waals surface area contributed by atoms with Crippen molar-refractivity contribution in [3.8, 4) is 5.75 Å². The van der Waals surface area contributed by atoms with Crippen LogP contribution < -0.4 is 9.64 Å². The molecule has 6 nitrogen and oxygen atoms in total. The number of aliphatic carboxylic acids is 1. The highest BCUT2D eigenvalue weighted by molar-refractivity contribution is 7.18. The van der Waals surface area contributed by atoms with Gasteiger partial charge in [-0.25, -0.2) is 13.8 Å². The standard InChI is InChI=1S/C18H11ClF2N2O4S/c19-8-5-9(20)17-16(15(8)21)22-13(28-17)7-23-10-3-1-2-4-11(10)27-12(18(23)26)6-14(24)25/h1-5,12H,6-7H2,(H,24,25). The topological polar surface area (TPSA) is 79.7 Å². The first-order chi connectivity index (χ1) is 13.3. The Bertz CT molecular complexity index is 1120. The minimum atomic E-state index is -1.20. The summed E-state index contributed by atoms with van der Waals surface area (Å²) >= 11 is 6.56. The molecule has 1 amide bonds. The van der Waals surface area contributed by atoms with E-state index in [2.05, 4.69) is 4.98 Å². The highest BCUT2D eigenvalue weighted by atomic mass is 35.5. The zero-order chi connectivity index (χ0) is 20.0. The van der Waals surface area contributed by atoms with Gasteiger partial charge in [-0.1, -0.05) is 23.7 Å². The molecule has 1 aliphatic rings. The number of nitrogens with zero attached hydrogens (tertiary/aromatic N) is 2. The Morgan fingerprint density at radius 2 is 2.11 bits per heavy atom. The maximum atomic E-state index is 14.2. The molecule has 1 atom stereocenters. The Balaban J connectivity index is 1.74. The zero-order valence-electron chi connectivity index (χ0n) is 14.0. The van der Waals surface area contributed by atoms with Gasteiger partial charge in [0.1, 0.15) is 22.1 Å². The lowest BCUT2D eigenvalue weighted by molar-refractivity contribution is -0.142. The Hall–Kier alpha value is -2.78. The number of thiazole rings is 1. The van der Waals surface area contributed by atoms with Crippen LogP contribution in [0.2, 0.25) is 5.02 Å². The van der Waals surface area contributed by atoms with Gasteiger partial charge in [0.25, 0.3) is 5.91 Å². The molecule has 144 valence electrons. The number of carbonyl (C=O) groups excluding carboxylic acids is 1. The number of amides is 1. The molecular formula is C18H11ClF2N2O4S. The summed E-state index contributed by atoms with van der Waals surface area (Å²) in [6, 6.07) is 7.50. The van der Waals surface area contributed by atoms with E-state index < -0.39 is 36.0 Å². The Labute approximate surface area is 165 Å². The highest BCUT2D eigenvalue weighted by Crippen LogP contribution is 2.37. The molecule has 4 rings (SSSR count). The van der Waals surface area contributed by atoms with Crippen molar-refractivity contribution >= 4 is 50.7 Å². The quantitative estimate of drug-likeness (QED) is 0.640. The van der Waals surface area contributed by atoms with Crippen LogP contribution in [0.1, 0.15) is 11.4 Å². The van der Waals surface area contributed by atoms with Crippen molar-refractivity contribution in [2.45, 2.75) is 19.1 Å². The lowest BCUT2D eigenvalue weighted by Crippen LogP contribution is -2.46. The molecule has 0 saturated carbocycles. The molecule has 0 spiro atoms. The fourth-order valence-electron chi connectivity index (χ4n) is 2.96. The van der Waals surface area contributed by atoms with E-state index in [1.165, 1.54) is 4.90 Å². The van der Waals surface area contributed by atoms with Crippen LogP contribution in [0.5, 0.6) is 5.75 Å². The number of aromatic nitrogens is 1. The normalized spacial score (nSPS) is 16.2. The van der Waals surface area contributed by atoms with Crippen LogP contribution in [0.15, 0.2) is 30.3 Å². The zero-order valence-corrected chi connectivity index (χ0v) is 15.6. The predicted molar refractivity (Wildman–Crippen MR) is 98.8 cm³/mol. The molecule has 1 aliphatic heterocycles. The van der Waals surface area contributed by atoms with E-state index in [9.17, 15) is 18.4 Å². The summed E-state index contributed by atoms with van der Waals surface area (Å²) in [6.45, 7) is -0.0921. The molecule has 0 radical (unpaired) electrons. The van der Waals surface area contributed by atoms with Gasteiger partial charge >= 0.3 is 5.97 Å². The summed E-state index contributed by atoms with van der Waals surface area (Å²) in [5, 5.41) is 8.93. The van der Waals surface area contributed by atoms with Gasteiger partial charge in [0.15, 0.2) is 11.9 Å². The van der Waals surface area contributed by atoms with Crippen LogP contribution in [0.25, 0.3) is 10.2 Å². The van der Waals surface area contributed by atoms with Crippen molar-refractivity contribution in [3.05, 3.63) is 52.0 Å². The molecule has 2 aromatic carbocycles. The van der Waals surface area contributed by atoms with Gasteiger partial charge in [-0.3, -0.25) is 14.5 Å². The Morgan fingerprint density at radius 3 is 2.86 bits per heavy atom. The third-order valence-electron chi connectivity index (χ3n) is 4.18. The van der Waals surface area contributed by atoms with Gasteiger partial charge < -0.3 is 9.84 Å². The van der Waals surface area contributed by atoms with E-state index in [0.717, 1.165) is 17.4 Å². The molecule has 3 aromatic rings. The van der Waals surface area contributed by atoms with Crippen LogP contribution in [-0.2, 0) is 16.1 Å². The summed E-state index contributed by atoms with van der Waals surface area (Å²) in [6.07, 6.45) is -1.72. The Morgan fingerprint density at radius 1 is 1.36 bits per heavy atom. The smallest absolute Gasteiger partial charge is 0.307 e. The number of benzene rings is 2. The van der Waals surface area contributed by atoms with Crippen LogP contribution in [0.4, 0.5) is 14.5 Å². The van der Waals surface area contributed by atoms with Crippen molar-refractivity contribution in [1.29, 1.82) is 0 Å². The fourth-order valence-corrected chi connectivity index (χ4v) is 4.10. The molecule has 0 saturated heterocycles. The second kappa shape index (κ2) is 6.99. The van der Waals surface area contributed by atoms with Crippen molar-refractivity contribution in [2.75, 3.05) is 4.90 Å². The number of ether oxygens (including phenoxy) is 1. The SMILES string of the molecule is O=C(O)CC1Oc2ccccc2N(Cc2nc3c(F)c(Cl)cc(F)c3s2)C1=O. The maximum Gasteiger partial charge on any atom is 0.307 e. The molecule has 0 fully saturated rings. The van der Waals surface area contributed by atoms with Gasteiger partial charge in [-0.05, 0) is 18.2 Å². The van der Waals surface area contributed by atoms with E-state index in [0.29, 0.717) is 11.4 Å². The molecule has 0 aliphatic carbocycles. The van der Waals surface area contributed by atoms with E-state index in [-0.39, 0.29) is 26.8 Å². The third-order valence-corrected chi connectivity index (χ3v) is 5.50. The van der Waals surface area contributed by atoms with Crippen LogP contribution in [0, 0.1) is 11.6 Å². The van der Waals surface area contributed by atoms with E-state index >= 15 is 0 Å². The van der Waals surface area contributed by atoms with E-state index in [1.807, 2.05) is 0 Å². The van der Waals surface area contributed by atoms with Crippen LogP contribution >= 0.6 is 22.9 Å². The number of hydrogen-bond donors (Lipinski definition) is 1. The first-order valence-corrected chi connectivity index (χ1v) is 9.26. The van der Waals surface area contributed by atoms with Crippen LogP contribution in [0.3, 0.4) is 0 Å². The molecule has 1 unspecified atom stereocenters. The first-order valence-electron chi connectivity index (χ1n) is 8.07. The van der Waals surface area contributed by atoms with Gasteiger partial charge in [-0.15, -0.1) is 11.3 Å². The summed E-state index contributed by atoms with van der Waals surface area (Å²) in [7, 11) is 0. The van der Waals surface area contributed by atoms with Crippen molar-refractivity contribution in [3.63, 3.8) is 0 Å². The van der Waals surface area contributed by atoms with Crippen molar-refractivity contribution in [2.24, 2.45) is 0 Å². The largest absolute Gasteiger partial charge is 0.481 e. The third kappa shape index (κ3) is 3.16. The number of para-hydroxylation sites is 2. The van der Waals surface area contributed by atoms with Gasteiger partial charge in [0.05, 0.1) is 28.4 Å². The number of rotatable bonds is 4. The number of carboxylic acid groups (broad SMARTS) is 1. The van der Waals surface area contributed by atoms with Gasteiger partial charge in [0, 0.05) is 0 Å². The van der Waals surface area contributed by atoms with E-state index in [4.69, 9.17) is 21.4 Å². The second-order valence-corrected chi connectivity index (χ2v) is 7.53. The molecule has 1 N–H and O–H groups in total. The first kappa shape index (κ1) is 18.6. The minimum Gasteiger partial charge on any atom is -0.481 e. The average molecular weight is 425 g/mol. The molecule has 2 heterocycles. The molecule has 1 aromatic heterocycles. The number of carboxylic acids is 1. The minimum absolute atomic E-state index is 0.00650. The van der Waals surface area contributed by atoms with Gasteiger partial charge in [-0.2, -0.15) is 0 Å². The van der Waals surface area contributed by atoms with Crippen LogP contribution in [-0.4, -0.2) is 28.1 Å². The number of hydrogen-bond acceptors (Lipinski definition) is 5. The number of carbonyl (C=O) groups is 2. The lowest BCUT2D eigenvalue weighted by atomic mass is 10.1. The molecule has 10 heteroatoms. The van der Waals surface area contributed by atoms with Crippen molar-refractivity contribution < 1.29 is 28.2 Å². The number of fused-ring (bicyclic) bond motifs is 2. The fraction of sp³-hybridized carbons (Fsp3) is 0.167. The van der Waals surface area contributed by atoms with Crippen molar-refractivity contribution in [1.82, 2.24) is 4.98 Å². The summed E-state index contributed by atoms with van der Waals surface area (Å²) < 4.78 is 33.8. The average Bonchev–Trinajstić information content (AvgIpc) is 3.07. The molecular weight excluding hydrogens is 414 g/mol. The summed E-state index contributed by atoms with van der Waals surface area (Å²) in [5.41, 5.74) is 0.216. The monoisotopic (exact) mass is 424 g/mol. The maximum absolute atomic E-state index is 14.2. The summed E-state index contributed by atoms with van der Waals surface area (Å²) in [5.74, 6) is -2.95. The lowest BCUT2D eigenvalue weighted by Gasteiger charge is -2.33. The summed E-state index contributed by atoms with van der Waals surface area (Å²) in [4.78, 5) is 29.2. The predicted octanol–water partition coefficient (Wildman–Crippen LogP) is 4.00. The van der Waals surface area contributed by atoms with Gasteiger partial charge in [0.2, 0.25) is 0 Å². The van der Waals surface area contributed by atoms with E-state index in [1.54, 1.807) is 24.3 Å². The Kier molecular flexibility index (Phi) is 4.64. The number of halogens is 3.